The highest BCUT2D eigenvalue weighted by Gasteiger charge is 2.25. The third kappa shape index (κ3) is 3.16. The van der Waals surface area contributed by atoms with Gasteiger partial charge in [-0.25, -0.2) is 4.98 Å². The van der Waals surface area contributed by atoms with Crippen LogP contribution in [0.1, 0.15) is 23.2 Å². The van der Waals surface area contributed by atoms with Crippen LogP contribution in [0.15, 0.2) is 30.6 Å². The number of aromatic amines is 1. The molecule has 0 spiro atoms. The fourth-order valence-corrected chi connectivity index (χ4v) is 3.72. The quantitative estimate of drug-likeness (QED) is 0.942. The number of hydrogen-bond donors (Lipinski definition) is 1. The minimum absolute atomic E-state index is 0.0922. The number of nitrogens with zero attached hydrogens (tertiary/aromatic N) is 3. The summed E-state index contributed by atoms with van der Waals surface area (Å²) in [6.07, 6.45) is 5.80. The number of H-pyrrole nitrogens is 1. The molecule has 1 aliphatic rings. The van der Waals surface area contributed by atoms with E-state index in [0.717, 1.165) is 37.4 Å². The van der Waals surface area contributed by atoms with Crippen molar-refractivity contribution in [3.63, 3.8) is 0 Å². The average molecular weight is 316 g/mol. The molecule has 0 atom stereocenters. The summed E-state index contributed by atoms with van der Waals surface area (Å²) in [4.78, 5) is 19.0. The van der Waals surface area contributed by atoms with Gasteiger partial charge in [0.05, 0.1) is 5.56 Å². The number of aromatic nitrogens is 3. The maximum atomic E-state index is 12.8. The maximum absolute atomic E-state index is 12.8. The van der Waals surface area contributed by atoms with E-state index in [1.807, 2.05) is 40.9 Å². The van der Waals surface area contributed by atoms with Crippen molar-refractivity contribution in [1.29, 1.82) is 0 Å². The van der Waals surface area contributed by atoms with Crippen LogP contribution in [0.3, 0.4) is 0 Å². The first-order valence-electron chi connectivity index (χ1n) is 7.52. The predicted octanol–water partition coefficient (Wildman–Crippen LogP) is 2.69. The van der Waals surface area contributed by atoms with Crippen LogP contribution in [0.25, 0.3) is 11.4 Å². The second-order valence-electron chi connectivity index (χ2n) is 5.57. The predicted molar refractivity (Wildman–Crippen MR) is 88.8 cm³/mol. The number of nitrogens with one attached hydrogen (secondary N) is 1. The van der Waals surface area contributed by atoms with E-state index < -0.39 is 0 Å². The summed E-state index contributed by atoms with van der Waals surface area (Å²) in [7, 11) is 0. The van der Waals surface area contributed by atoms with Crippen LogP contribution in [0.5, 0.6) is 0 Å². The SMILES string of the molecule is CSCC1CCN(C(=O)c2ccccc2-c2ncn[nH]2)CC1. The summed E-state index contributed by atoms with van der Waals surface area (Å²) in [6.45, 7) is 1.68. The monoisotopic (exact) mass is 316 g/mol. The van der Waals surface area contributed by atoms with Crippen molar-refractivity contribution in [3.8, 4) is 11.4 Å². The molecule has 116 valence electrons. The van der Waals surface area contributed by atoms with Gasteiger partial charge in [0.1, 0.15) is 6.33 Å². The zero-order valence-corrected chi connectivity index (χ0v) is 13.5. The average Bonchev–Trinajstić information content (AvgIpc) is 3.10. The molecular weight excluding hydrogens is 296 g/mol. The normalized spacial score (nSPS) is 16.0. The number of carbonyl (C=O) groups excluding carboxylic acids is 1. The summed E-state index contributed by atoms with van der Waals surface area (Å²) in [5.74, 6) is 2.66. The third-order valence-electron chi connectivity index (χ3n) is 4.13. The summed E-state index contributed by atoms with van der Waals surface area (Å²) < 4.78 is 0. The molecule has 22 heavy (non-hydrogen) atoms. The molecule has 1 aromatic heterocycles. The Labute approximate surface area is 134 Å². The number of carbonyl (C=O) groups is 1. The Bertz CT molecular complexity index is 621. The molecule has 0 saturated carbocycles. The Morgan fingerprint density at radius 2 is 2.14 bits per heavy atom. The Morgan fingerprint density at radius 1 is 1.36 bits per heavy atom. The molecular formula is C16H20N4OS. The first-order chi connectivity index (χ1) is 10.8. The van der Waals surface area contributed by atoms with Gasteiger partial charge in [-0.05, 0) is 36.8 Å². The Morgan fingerprint density at radius 3 is 2.82 bits per heavy atom. The molecule has 2 aromatic rings. The maximum Gasteiger partial charge on any atom is 0.254 e. The van der Waals surface area contributed by atoms with Gasteiger partial charge in [-0.1, -0.05) is 18.2 Å². The van der Waals surface area contributed by atoms with Crippen molar-refractivity contribution >= 4 is 17.7 Å². The minimum atomic E-state index is 0.0922. The zero-order valence-electron chi connectivity index (χ0n) is 12.7. The van der Waals surface area contributed by atoms with Gasteiger partial charge >= 0.3 is 0 Å². The lowest BCUT2D eigenvalue weighted by Gasteiger charge is -2.32. The molecule has 0 aliphatic carbocycles. The molecule has 3 rings (SSSR count). The lowest BCUT2D eigenvalue weighted by molar-refractivity contribution is 0.0699. The highest BCUT2D eigenvalue weighted by atomic mass is 32.2. The van der Waals surface area contributed by atoms with Crippen molar-refractivity contribution < 1.29 is 4.79 Å². The second-order valence-corrected chi connectivity index (χ2v) is 6.48. The number of hydrogen-bond acceptors (Lipinski definition) is 4. The van der Waals surface area contributed by atoms with E-state index in [0.29, 0.717) is 11.4 Å². The molecule has 2 heterocycles. The van der Waals surface area contributed by atoms with E-state index in [1.165, 1.54) is 12.1 Å². The molecule has 1 fully saturated rings. The summed E-state index contributed by atoms with van der Waals surface area (Å²) in [5.41, 5.74) is 1.51. The van der Waals surface area contributed by atoms with Gasteiger partial charge in [0.15, 0.2) is 5.82 Å². The van der Waals surface area contributed by atoms with E-state index in [1.54, 1.807) is 0 Å². The molecule has 6 heteroatoms. The molecule has 0 bridgehead atoms. The molecule has 0 unspecified atom stereocenters. The largest absolute Gasteiger partial charge is 0.339 e. The topological polar surface area (TPSA) is 61.9 Å². The fourth-order valence-electron chi connectivity index (χ4n) is 2.92. The zero-order chi connectivity index (χ0) is 15.4. The van der Waals surface area contributed by atoms with E-state index in [-0.39, 0.29) is 5.91 Å². The van der Waals surface area contributed by atoms with Gasteiger partial charge < -0.3 is 4.90 Å². The first-order valence-corrected chi connectivity index (χ1v) is 8.92. The molecule has 1 amide bonds. The lowest BCUT2D eigenvalue weighted by atomic mass is 9.97. The smallest absolute Gasteiger partial charge is 0.254 e. The number of thioether (sulfide) groups is 1. The lowest BCUT2D eigenvalue weighted by Crippen LogP contribution is -2.39. The number of rotatable bonds is 4. The highest BCUT2D eigenvalue weighted by molar-refractivity contribution is 7.98. The highest BCUT2D eigenvalue weighted by Crippen LogP contribution is 2.25. The number of likely N-dealkylation sites (tertiary alicyclic amines) is 1. The third-order valence-corrected chi connectivity index (χ3v) is 4.94. The summed E-state index contributed by atoms with van der Waals surface area (Å²) >= 11 is 1.89. The van der Waals surface area contributed by atoms with Crippen LogP contribution in [-0.4, -0.2) is 51.1 Å². The van der Waals surface area contributed by atoms with Gasteiger partial charge in [0.2, 0.25) is 0 Å². The number of benzene rings is 1. The Hall–Kier alpha value is -1.82. The standard InChI is InChI=1S/C16H20N4OS/c1-22-10-12-6-8-20(9-7-12)16(21)14-5-3-2-4-13(14)15-17-11-18-19-15/h2-5,11-12H,6-10H2,1H3,(H,17,18,19). The second kappa shape index (κ2) is 6.96. The van der Waals surface area contributed by atoms with Crippen molar-refractivity contribution in [1.82, 2.24) is 20.1 Å². The van der Waals surface area contributed by atoms with Gasteiger partial charge in [-0.2, -0.15) is 16.9 Å². The Kier molecular flexibility index (Phi) is 4.77. The molecule has 1 aliphatic heterocycles. The van der Waals surface area contributed by atoms with Crippen LogP contribution >= 0.6 is 11.8 Å². The first kappa shape index (κ1) is 15.1. The van der Waals surface area contributed by atoms with E-state index in [2.05, 4.69) is 21.4 Å². The minimum Gasteiger partial charge on any atom is -0.339 e. The van der Waals surface area contributed by atoms with Crippen molar-refractivity contribution in [2.75, 3.05) is 25.1 Å². The molecule has 1 aromatic carbocycles. The summed E-state index contributed by atoms with van der Waals surface area (Å²) in [6, 6.07) is 7.59. The molecule has 0 radical (unpaired) electrons. The van der Waals surface area contributed by atoms with Gasteiger partial charge in [0.25, 0.3) is 5.91 Å². The number of amides is 1. The van der Waals surface area contributed by atoms with Crippen molar-refractivity contribution in [2.24, 2.45) is 5.92 Å². The van der Waals surface area contributed by atoms with E-state index in [4.69, 9.17) is 0 Å². The van der Waals surface area contributed by atoms with E-state index in [9.17, 15) is 4.79 Å². The van der Waals surface area contributed by atoms with Crippen LogP contribution in [0.4, 0.5) is 0 Å². The molecule has 1 saturated heterocycles. The molecule has 1 N–H and O–H groups in total. The van der Waals surface area contributed by atoms with Gasteiger partial charge in [-0.3, -0.25) is 9.89 Å². The molecule has 5 nitrogen and oxygen atoms in total. The van der Waals surface area contributed by atoms with Gasteiger partial charge in [-0.15, -0.1) is 0 Å². The van der Waals surface area contributed by atoms with Crippen molar-refractivity contribution in [2.45, 2.75) is 12.8 Å². The van der Waals surface area contributed by atoms with Crippen LogP contribution in [-0.2, 0) is 0 Å². The van der Waals surface area contributed by atoms with Crippen molar-refractivity contribution in [3.05, 3.63) is 36.2 Å². The summed E-state index contributed by atoms with van der Waals surface area (Å²) in [5, 5.41) is 6.72. The van der Waals surface area contributed by atoms with Gasteiger partial charge in [0, 0.05) is 18.7 Å². The fraction of sp³-hybridized carbons (Fsp3) is 0.438. The number of piperidine rings is 1. The van der Waals surface area contributed by atoms with Crippen LogP contribution in [0.2, 0.25) is 0 Å². The van der Waals surface area contributed by atoms with Crippen LogP contribution < -0.4 is 0 Å². The van der Waals surface area contributed by atoms with E-state index >= 15 is 0 Å². The Balaban J connectivity index is 1.76. The van der Waals surface area contributed by atoms with Crippen LogP contribution in [0, 0.1) is 5.92 Å².